The second kappa shape index (κ2) is 8.21. The van der Waals surface area contributed by atoms with Crippen LogP contribution in [0.5, 0.6) is 0 Å². The number of nitrogens with two attached hydrogens (primary N) is 1. The van der Waals surface area contributed by atoms with E-state index in [4.69, 9.17) is 10.8 Å². The molecule has 0 spiro atoms. The van der Waals surface area contributed by atoms with E-state index < -0.39 is 78.5 Å². The fourth-order valence-electron chi connectivity index (χ4n) is 3.44. The normalized spacial score (nSPS) is 21.7. The maximum absolute atomic E-state index is 15.0. The summed E-state index contributed by atoms with van der Waals surface area (Å²) >= 11 is 0. The van der Waals surface area contributed by atoms with Crippen molar-refractivity contribution in [3.8, 4) is 0 Å². The van der Waals surface area contributed by atoms with E-state index in [1.54, 1.807) is 0 Å². The lowest BCUT2D eigenvalue weighted by atomic mass is 10.0. The van der Waals surface area contributed by atoms with Crippen LogP contribution in [0.15, 0.2) is 12.1 Å². The molecule has 3 N–H and O–H groups in total. The Hall–Kier alpha value is -3.09. The first-order valence-electron chi connectivity index (χ1n) is 8.88. The molecule has 1 aliphatic rings. The molecule has 7 nitrogen and oxygen atoms in total. The van der Waals surface area contributed by atoms with Gasteiger partial charge in [-0.2, -0.15) is 0 Å². The third-order valence-corrected chi connectivity index (χ3v) is 4.83. The summed E-state index contributed by atoms with van der Waals surface area (Å²) in [5.41, 5.74) is 3.58. The number of carboxylic acids is 1. The fourth-order valence-corrected chi connectivity index (χ4v) is 3.44. The van der Waals surface area contributed by atoms with Crippen LogP contribution in [0.2, 0.25) is 0 Å². The van der Waals surface area contributed by atoms with Crippen molar-refractivity contribution in [2.24, 2.45) is 5.73 Å². The second-order valence-corrected chi connectivity index (χ2v) is 6.98. The minimum absolute atomic E-state index is 0.144. The summed E-state index contributed by atoms with van der Waals surface area (Å²) in [6, 6.07) is -0.482. The molecule has 0 saturated carbocycles. The highest BCUT2D eigenvalue weighted by Gasteiger charge is 2.48. The van der Waals surface area contributed by atoms with E-state index in [0.29, 0.717) is 10.6 Å². The summed E-state index contributed by atoms with van der Waals surface area (Å²) in [7, 11) is 0. The highest BCUT2D eigenvalue weighted by Crippen LogP contribution is 2.40. The van der Waals surface area contributed by atoms with Crippen molar-refractivity contribution < 1.29 is 41.0 Å². The number of halogens is 6. The predicted octanol–water partition coefficient (Wildman–Crippen LogP) is 2.84. The number of imidazole rings is 1. The zero-order chi connectivity index (χ0) is 23.2. The predicted molar refractivity (Wildman–Crippen MR) is 92.3 cm³/mol. The molecule has 2 aromatic rings. The van der Waals surface area contributed by atoms with Gasteiger partial charge in [0.25, 0.3) is 0 Å². The quantitative estimate of drug-likeness (QED) is 0.415. The monoisotopic (exact) mass is 450 g/mol. The summed E-state index contributed by atoms with van der Waals surface area (Å²) in [4.78, 5) is 27.1. The molecule has 0 saturated heterocycles. The lowest BCUT2D eigenvalue weighted by Gasteiger charge is -2.37. The van der Waals surface area contributed by atoms with Gasteiger partial charge in [0.2, 0.25) is 24.8 Å². The molecule has 0 radical (unpaired) electrons. The molecule has 4 unspecified atom stereocenters. The van der Waals surface area contributed by atoms with Crippen LogP contribution in [-0.4, -0.2) is 43.8 Å². The molecule has 31 heavy (non-hydrogen) atoms. The van der Waals surface area contributed by atoms with Crippen LogP contribution in [0.1, 0.15) is 46.6 Å². The van der Waals surface area contributed by atoms with Gasteiger partial charge in [0.05, 0.1) is 0 Å². The van der Waals surface area contributed by atoms with E-state index in [2.05, 4.69) is 4.98 Å². The molecule has 3 rings (SSSR count). The van der Waals surface area contributed by atoms with E-state index in [1.165, 1.54) is 0 Å². The van der Waals surface area contributed by atoms with E-state index in [9.17, 15) is 35.9 Å². The first kappa shape index (κ1) is 22.6. The number of hydrogen-bond donors (Lipinski definition) is 2. The summed E-state index contributed by atoms with van der Waals surface area (Å²) in [5.74, 6) is -7.27. The van der Waals surface area contributed by atoms with Crippen LogP contribution in [0.3, 0.4) is 0 Å². The molecular formula is C18H16F6N4O3. The van der Waals surface area contributed by atoms with Crippen molar-refractivity contribution in [2.45, 2.75) is 44.7 Å². The van der Waals surface area contributed by atoms with Gasteiger partial charge in [0.15, 0.2) is 17.3 Å². The van der Waals surface area contributed by atoms with Gasteiger partial charge in [-0.15, -0.1) is 0 Å². The Kier molecular flexibility index (Phi) is 5.98. The number of aromatic carboxylic acids is 1. The third kappa shape index (κ3) is 3.96. The number of fused-ring (bicyclic) bond motifs is 1. The zero-order valence-corrected chi connectivity index (χ0v) is 15.8. The van der Waals surface area contributed by atoms with Gasteiger partial charge in [0, 0.05) is 18.5 Å². The topological polar surface area (TPSA) is 101 Å². The Morgan fingerprint density at radius 1 is 1.13 bits per heavy atom. The van der Waals surface area contributed by atoms with Crippen molar-refractivity contribution in [3.05, 3.63) is 52.4 Å². The van der Waals surface area contributed by atoms with E-state index in [1.807, 2.05) is 0 Å². The number of aromatic nitrogens is 2. The number of alkyl halides is 3. The second-order valence-electron chi connectivity index (χ2n) is 6.98. The van der Waals surface area contributed by atoms with Crippen LogP contribution < -0.4 is 5.73 Å². The Morgan fingerprint density at radius 3 is 2.35 bits per heavy atom. The maximum Gasteiger partial charge on any atom is 0.356 e. The Morgan fingerprint density at radius 2 is 1.74 bits per heavy atom. The molecule has 4 atom stereocenters. The average Bonchev–Trinajstić information content (AvgIpc) is 3.02. The largest absolute Gasteiger partial charge is 0.476 e. The molecule has 1 aliphatic heterocycles. The van der Waals surface area contributed by atoms with Crippen molar-refractivity contribution in [3.63, 3.8) is 0 Å². The number of nitrogens with zero attached hydrogens (tertiary/aromatic N) is 3. The molecule has 2 heterocycles. The number of carboxylic acid groups (broad SMARTS) is 1. The Labute approximate surface area is 171 Å². The van der Waals surface area contributed by atoms with Gasteiger partial charge < -0.3 is 10.8 Å². The first-order chi connectivity index (χ1) is 14.4. The van der Waals surface area contributed by atoms with Gasteiger partial charge in [0.1, 0.15) is 17.3 Å². The average molecular weight is 450 g/mol. The lowest BCUT2D eigenvalue weighted by molar-refractivity contribution is -0.162. The first-order valence-corrected chi connectivity index (χ1v) is 8.88. The summed E-state index contributed by atoms with van der Waals surface area (Å²) in [6.45, 7) is 1.14. The lowest BCUT2D eigenvalue weighted by Crippen LogP contribution is -2.49. The molecule has 13 heteroatoms. The number of rotatable bonds is 5. The molecule has 168 valence electrons. The van der Waals surface area contributed by atoms with Gasteiger partial charge in [-0.3, -0.25) is 14.3 Å². The van der Waals surface area contributed by atoms with Gasteiger partial charge in [-0.05, 0) is 25.0 Å². The number of aryl methyl sites for hydroxylation is 1. The van der Waals surface area contributed by atoms with Gasteiger partial charge in [-0.1, -0.05) is 0 Å². The van der Waals surface area contributed by atoms with E-state index >= 15 is 0 Å². The number of amides is 1. The smallest absolute Gasteiger partial charge is 0.356 e. The Balaban J connectivity index is 1.83. The van der Waals surface area contributed by atoms with E-state index in [0.717, 1.165) is 6.92 Å². The van der Waals surface area contributed by atoms with Crippen LogP contribution >= 0.6 is 0 Å². The molecule has 0 bridgehead atoms. The maximum atomic E-state index is 15.0. The van der Waals surface area contributed by atoms with Crippen molar-refractivity contribution >= 4 is 11.9 Å². The molecule has 1 aromatic heterocycles. The van der Waals surface area contributed by atoms with E-state index in [-0.39, 0.29) is 22.4 Å². The standard InChI is InChI=1S/C18H16F6N4O3/c1-6-26-13(18(30)31)14-15(22)28(17(24)16(23)27(6)14)12(29)4-8(25)2-7-3-10(20)11(21)5-9(7)19/h3,5,8,15-17H,2,4,25H2,1H3,(H,30,31). The number of carbonyl (C=O) groups is 2. The minimum atomic E-state index is -2.82. The van der Waals surface area contributed by atoms with Gasteiger partial charge in [-0.25, -0.2) is 36.1 Å². The summed E-state index contributed by atoms with van der Waals surface area (Å²) in [5, 5.41) is 9.15. The fraction of sp³-hybridized carbons (Fsp3) is 0.389. The molecule has 1 aromatic carbocycles. The van der Waals surface area contributed by atoms with Crippen LogP contribution in [0.4, 0.5) is 26.3 Å². The molecular weight excluding hydrogens is 434 g/mol. The zero-order valence-electron chi connectivity index (χ0n) is 15.8. The van der Waals surface area contributed by atoms with Crippen LogP contribution in [0, 0.1) is 24.4 Å². The summed E-state index contributed by atoms with van der Waals surface area (Å²) < 4.78 is 84.5. The SMILES string of the molecule is Cc1nc(C(=O)O)c2n1C(F)C(F)N(C(=O)CC(N)Cc1cc(F)c(F)cc1F)C2F. The van der Waals surface area contributed by atoms with Crippen LogP contribution in [-0.2, 0) is 11.2 Å². The Bertz CT molecular complexity index is 1050. The van der Waals surface area contributed by atoms with Crippen molar-refractivity contribution in [2.75, 3.05) is 0 Å². The highest BCUT2D eigenvalue weighted by atomic mass is 19.2. The third-order valence-electron chi connectivity index (χ3n) is 4.83. The molecule has 0 fully saturated rings. The number of hydrogen-bond acceptors (Lipinski definition) is 4. The summed E-state index contributed by atoms with van der Waals surface area (Å²) in [6.07, 6.45) is -9.45. The highest BCUT2D eigenvalue weighted by molar-refractivity contribution is 5.87. The number of benzene rings is 1. The van der Waals surface area contributed by atoms with Gasteiger partial charge >= 0.3 is 5.97 Å². The van der Waals surface area contributed by atoms with Crippen LogP contribution in [0.25, 0.3) is 0 Å². The molecule has 0 aliphatic carbocycles. The van der Waals surface area contributed by atoms with Crippen molar-refractivity contribution in [1.29, 1.82) is 0 Å². The minimum Gasteiger partial charge on any atom is -0.476 e. The van der Waals surface area contributed by atoms with Crippen molar-refractivity contribution in [1.82, 2.24) is 14.5 Å². The number of carbonyl (C=O) groups excluding carboxylic acids is 1. The molecule has 1 amide bonds.